The average molecular weight is 359 g/mol. The Balaban J connectivity index is 1.42. The van der Waals surface area contributed by atoms with E-state index in [-0.39, 0.29) is 5.91 Å². The number of aromatic nitrogens is 2. The normalized spacial score (nSPS) is 18.0. The number of hydrogen-bond acceptors (Lipinski definition) is 5. The van der Waals surface area contributed by atoms with E-state index in [9.17, 15) is 4.79 Å². The van der Waals surface area contributed by atoms with Crippen LogP contribution in [0.2, 0.25) is 0 Å². The number of carbonyl (C=O) groups excluding carboxylic acids is 1. The quantitative estimate of drug-likeness (QED) is 0.904. The molecular weight excluding hydrogens is 332 g/mol. The minimum Gasteiger partial charge on any atom is -0.369 e. The van der Waals surface area contributed by atoms with E-state index >= 15 is 0 Å². The molecule has 0 saturated carbocycles. The van der Waals surface area contributed by atoms with E-state index in [4.69, 9.17) is 0 Å². The lowest BCUT2D eigenvalue weighted by Gasteiger charge is -2.20. The molecule has 4 rings (SSSR count). The largest absolute Gasteiger partial charge is 0.369 e. The maximum atomic E-state index is 12.4. The van der Waals surface area contributed by atoms with Crippen LogP contribution in [0.25, 0.3) is 10.2 Å². The first-order valence-electron chi connectivity index (χ1n) is 9.60. The molecule has 0 spiro atoms. The molecule has 134 valence electrons. The molecule has 5 nitrogen and oxygen atoms in total. The molecule has 3 heterocycles. The molecule has 0 bridgehead atoms. The number of aryl methyl sites for hydroxylation is 2. The fourth-order valence-electron chi connectivity index (χ4n) is 3.99. The molecule has 25 heavy (non-hydrogen) atoms. The number of likely N-dealkylation sites (tertiary alicyclic amines) is 1. The molecule has 2 aliphatic rings. The van der Waals surface area contributed by atoms with Gasteiger partial charge in [0, 0.05) is 30.9 Å². The number of carbonyl (C=O) groups is 1. The van der Waals surface area contributed by atoms with Gasteiger partial charge < -0.3 is 10.2 Å². The number of rotatable bonds is 4. The second kappa shape index (κ2) is 7.68. The van der Waals surface area contributed by atoms with Crippen molar-refractivity contribution < 1.29 is 4.79 Å². The van der Waals surface area contributed by atoms with Gasteiger partial charge in [-0.2, -0.15) is 0 Å². The molecule has 1 N–H and O–H groups in total. The summed E-state index contributed by atoms with van der Waals surface area (Å²) in [6.07, 6.45) is 11.8. The first-order valence-corrected chi connectivity index (χ1v) is 10.4. The summed E-state index contributed by atoms with van der Waals surface area (Å²) < 4.78 is 0. The number of hydrogen-bond donors (Lipinski definition) is 1. The number of amides is 1. The Labute approximate surface area is 152 Å². The van der Waals surface area contributed by atoms with Gasteiger partial charge in [0.25, 0.3) is 0 Å². The third-order valence-corrected chi connectivity index (χ3v) is 6.54. The van der Waals surface area contributed by atoms with E-state index < -0.39 is 0 Å². The second-order valence-corrected chi connectivity index (χ2v) is 8.17. The summed E-state index contributed by atoms with van der Waals surface area (Å²) in [5.41, 5.74) is 1.44. The van der Waals surface area contributed by atoms with Crippen molar-refractivity contribution in [1.82, 2.24) is 14.9 Å². The van der Waals surface area contributed by atoms with Gasteiger partial charge in [-0.15, -0.1) is 11.3 Å². The van der Waals surface area contributed by atoms with Crippen LogP contribution < -0.4 is 5.32 Å². The van der Waals surface area contributed by atoms with Crippen molar-refractivity contribution >= 4 is 33.3 Å². The zero-order valence-electron chi connectivity index (χ0n) is 14.7. The lowest BCUT2D eigenvalue weighted by atomic mass is 9.97. The smallest absolute Gasteiger partial charge is 0.224 e. The van der Waals surface area contributed by atoms with Crippen LogP contribution in [-0.4, -0.2) is 40.4 Å². The Bertz CT molecular complexity index is 749. The topological polar surface area (TPSA) is 58.1 Å². The van der Waals surface area contributed by atoms with Crippen LogP contribution in [0.1, 0.15) is 55.4 Å². The minimum absolute atomic E-state index is 0.270. The lowest BCUT2D eigenvalue weighted by molar-refractivity contribution is -0.130. The van der Waals surface area contributed by atoms with Gasteiger partial charge in [-0.05, 0) is 44.1 Å². The molecular formula is C19H26N4OS. The summed E-state index contributed by atoms with van der Waals surface area (Å²) in [6, 6.07) is 0. The first-order chi connectivity index (χ1) is 12.3. The maximum absolute atomic E-state index is 12.4. The Morgan fingerprint density at radius 2 is 1.88 bits per heavy atom. The fraction of sp³-hybridized carbons (Fsp3) is 0.632. The summed E-state index contributed by atoms with van der Waals surface area (Å²) in [5, 5.41) is 4.62. The fourth-order valence-corrected chi connectivity index (χ4v) is 5.22. The summed E-state index contributed by atoms with van der Waals surface area (Å²) in [4.78, 5) is 26.0. The zero-order chi connectivity index (χ0) is 17.1. The van der Waals surface area contributed by atoms with Crippen LogP contribution in [0.15, 0.2) is 6.33 Å². The van der Waals surface area contributed by atoms with E-state index in [1.165, 1.54) is 47.9 Å². The number of nitrogens with one attached hydrogen (secondary N) is 1. The van der Waals surface area contributed by atoms with Crippen molar-refractivity contribution in [2.75, 3.05) is 25.0 Å². The van der Waals surface area contributed by atoms with Crippen molar-refractivity contribution in [3.05, 3.63) is 16.8 Å². The predicted molar refractivity (Wildman–Crippen MR) is 102 cm³/mol. The molecule has 0 unspecified atom stereocenters. The molecule has 1 aliphatic heterocycles. The third kappa shape index (κ3) is 3.64. The zero-order valence-corrected chi connectivity index (χ0v) is 15.5. The third-order valence-electron chi connectivity index (χ3n) is 5.34. The van der Waals surface area contributed by atoms with E-state index in [0.717, 1.165) is 43.0 Å². The van der Waals surface area contributed by atoms with Crippen LogP contribution in [0.3, 0.4) is 0 Å². The van der Waals surface area contributed by atoms with E-state index in [2.05, 4.69) is 15.3 Å². The van der Waals surface area contributed by atoms with Gasteiger partial charge in [-0.25, -0.2) is 9.97 Å². The highest BCUT2D eigenvalue weighted by Crippen LogP contribution is 2.38. The standard InChI is InChI=1S/C19H26N4OS/c24-16(23-11-5-1-2-6-12-23)9-10-20-18-17-14-7-3-4-8-15(14)25-19(17)22-13-21-18/h13H,1-12H2,(H,20,21,22). The molecule has 1 fully saturated rings. The van der Waals surface area contributed by atoms with Crippen molar-refractivity contribution in [3.8, 4) is 0 Å². The van der Waals surface area contributed by atoms with Crippen LogP contribution in [-0.2, 0) is 17.6 Å². The molecule has 2 aromatic heterocycles. The number of fused-ring (bicyclic) bond motifs is 3. The Kier molecular flexibility index (Phi) is 5.15. The van der Waals surface area contributed by atoms with Gasteiger partial charge in [0.2, 0.25) is 5.91 Å². The van der Waals surface area contributed by atoms with E-state index in [0.29, 0.717) is 13.0 Å². The first kappa shape index (κ1) is 16.8. The monoisotopic (exact) mass is 358 g/mol. The molecule has 0 radical (unpaired) electrons. The summed E-state index contributed by atoms with van der Waals surface area (Å²) >= 11 is 1.81. The Morgan fingerprint density at radius 3 is 2.72 bits per heavy atom. The van der Waals surface area contributed by atoms with Crippen molar-refractivity contribution in [2.24, 2.45) is 0 Å². The van der Waals surface area contributed by atoms with Gasteiger partial charge in [0.05, 0.1) is 5.39 Å². The van der Waals surface area contributed by atoms with Gasteiger partial charge in [0.15, 0.2) is 0 Å². The average Bonchev–Trinajstić information content (AvgIpc) is 2.81. The Morgan fingerprint density at radius 1 is 1.08 bits per heavy atom. The van der Waals surface area contributed by atoms with Gasteiger partial charge in [0.1, 0.15) is 17.0 Å². The SMILES string of the molecule is O=C(CCNc1ncnc2sc3c(c12)CCCC3)N1CCCCCC1. The van der Waals surface area contributed by atoms with Gasteiger partial charge in [-0.1, -0.05) is 12.8 Å². The molecule has 1 saturated heterocycles. The lowest BCUT2D eigenvalue weighted by Crippen LogP contribution is -2.32. The molecule has 2 aromatic rings. The van der Waals surface area contributed by atoms with Crippen molar-refractivity contribution in [2.45, 2.75) is 57.8 Å². The molecule has 0 atom stereocenters. The van der Waals surface area contributed by atoms with E-state index in [1.807, 2.05) is 16.2 Å². The van der Waals surface area contributed by atoms with Crippen molar-refractivity contribution in [3.63, 3.8) is 0 Å². The number of thiophene rings is 1. The van der Waals surface area contributed by atoms with Crippen LogP contribution in [0.4, 0.5) is 5.82 Å². The summed E-state index contributed by atoms with van der Waals surface area (Å²) in [7, 11) is 0. The molecule has 6 heteroatoms. The minimum atomic E-state index is 0.270. The summed E-state index contributed by atoms with van der Waals surface area (Å²) in [6.45, 7) is 2.50. The van der Waals surface area contributed by atoms with Gasteiger partial charge in [-0.3, -0.25) is 4.79 Å². The highest BCUT2D eigenvalue weighted by atomic mass is 32.1. The second-order valence-electron chi connectivity index (χ2n) is 7.09. The van der Waals surface area contributed by atoms with Gasteiger partial charge >= 0.3 is 0 Å². The van der Waals surface area contributed by atoms with E-state index in [1.54, 1.807) is 6.33 Å². The van der Waals surface area contributed by atoms with Crippen LogP contribution in [0, 0.1) is 0 Å². The van der Waals surface area contributed by atoms with Crippen LogP contribution in [0.5, 0.6) is 0 Å². The molecule has 1 amide bonds. The highest BCUT2D eigenvalue weighted by Gasteiger charge is 2.20. The number of nitrogens with zero attached hydrogens (tertiary/aromatic N) is 3. The highest BCUT2D eigenvalue weighted by molar-refractivity contribution is 7.19. The maximum Gasteiger partial charge on any atom is 0.224 e. The Hall–Kier alpha value is -1.69. The van der Waals surface area contributed by atoms with Crippen LogP contribution >= 0.6 is 11.3 Å². The molecule has 1 aliphatic carbocycles. The summed E-state index contributed by atoms with van der Waals surface area (Å²) in [5.74, 6) is 1.18. The van der Waals surface area contributed by atoms with Crippen molar-refractivity contribution in [1.29, 1.82) is 0 Å². The molecule has 0 aromatic carbocycles. The predicted octanol–water partition coefficient (Wildman–Crippen LogP) is 3.77. The number of anilines is 1.